The molecule has 0 radical (unpaired) electrons. The van der Waals surface area contributed by atoms with Crippen LogP contribution in [0.5, 0.6) is 0 Å². The molecule has 3 rings (SSSR count). The third-order valence-corrected chi connectivity index (χ3v) is 5.14. The molecule has 2 amide bonds. The Morgan fingerprint density at radius 2 is 1.88 bits per heavy atom. The van der Waals surface area contributed by atoms with E-state index < -0.39 is 22.9 Å². The van der Waals surface area contributed by atoms with Crippen LogP contribution in [-0.4, -0.2) is 17.1 Å². The normalized spacial score (nSPS) is 16.6. The quantitative estimate of drug-likeness (QED) is 0.778. The van der Waals surface area contributed by atoms with Crippen LogP contribution in [-0.2, 0) is 15.8 Å². The van der Waals surface area contributed by atoms with Crippen molar-refractivity contribution in [2.45, 2.75) is 22.7 Å². The van der Waals surface area contributed by atoms with Gasteiger partial charge in [-0.25, -0.2) is 0 Å². The maximum atomic E-state index is 12.5. The lowest BCUT2D eigenvalue weighted by Gasteiger charge is -2.23. The minimum absolute atomic E-state index is 0.112. The summed E-state index contributed by atoms with van der Waals surface area (Å²) in [6.45, 7) is 0. The van der Waals surface area contributed by atoms with E-state index in [-0.39, 0.29) is 18.0 Å². The van der Waals surface area contributed by atoms with E-state index in [2.05, 4.69) is 10.6 Å². The minimum Gasteiger partial charge on any atom is -0.326 e. The molecule has 2 aromatic rings. The first kappa shape index (κ1) is 18.6. The van der Waals surface area contributed by atoms with Gasteiger partial charge in [0.1, 0.15) is 0 Å². The van der Waals surface area contributed by atoms with Crippen molar-refractivity contribution in [3.8, 4) is 0 Å². The van der Waals surface area contributed by atoms with Crippen LogP contribution in [0.2, 0.25) is 5.02 Å². The number of alkyl halides is 3. The number of nitrogens with one attached hydrogen (secondary N) is 2. The molecule has 4 nitrogen and oxygen atoms in total. The average Bonchev–Trinajstić information content (AvgIpc) is 2.55. The third-order valence-electron chi connectivity index (χ3n) is 3.63. The van der Waals surface area contributed by atoms with Crippen LogP contribution in [0.25, 0.3) is 0 Å². The number of benzene rings is 2. The maximum absolute atomic E-state index is 12.5. The van der Waals surface area contributed by atoms with E-state index in [1.165, 1.54) is 23.9 Å². The smallest absolute Gasteiger partial charge is 0.326 e. The van der Waals surface area contributed by atoms with Crippen molar-refractivity contribution in [3.63, 3.8) is 0 Å². The van der Waals surface area contributed by atoms with E-state index >= 15 is 0 Å². The van der Waals surface area contributed by atoms with Crippen molar-refractivity contribution in [2.24, 2.45) is 0 Å². The van der Waals surface area contributed by atoms with Gasteiger partial charge in [-0.3, -0.25) is 9.59 Å². The molecule has 2 aromatic carbocycles. The number of fused-ring (bicyclic) bond motifs is 1. The summed E-state index contributed by atoms with van der Waals surface area (Å²) in [6, 6.07) is 9.18. The SMILES string of the molecule is O=C(CC1Sc2ccc(Cl)cc2NC1=O)Nc1ccc(C(F)(F)F)cc1. The fourth-order valence-corrected chi connectivity index (χ4v) is 3.64. The summed E-state index contributed by atoms with van der Waals surface area (Å²) in [7, 11) is 0. The molecule has 0 aromatic heterocycles. The van der Waals surface area contributed by atoms with Crippen molar-refractivity contribution in [2.75, 3.05) is 10.6 Å². The molecular weight excluding hydrogens is 389 g/mol. The van der Waals surface area contributed by atoms with E-state index in [0.29, 0.717) is 10.7 Å². The number of halogens is 4. The predicted octanol–water partition coefficient (Wildman–Crippen LogP) is 4.80. The predicted molar refractivity (Wildman–Crippen MR) is 94.4 cm³/mol. The van der Waals surface area contributed by atoms with Gasteiger partial charge in [0.05, 0.1) is 16.5 Å². The fraction of sp³-hybridized carbons (Fsp3) is 0.176. The number of anilines is 2. The zero-order valence-electron chi connectivity index (χ0n) is 13.1. The van der Waals surface area contributed by atoms with Gasteiger partial charge in [-0.2, -0.15) is 13.2 Å². The average molecular weight is 401 g/mol. The molecule has 0 saturated carbocycles. The summed E-state index contributed by atoms with van der Waals surface area (Å²) in [5.74, 6) is -0.790. The number of thioether (sulfide) groups is 1. The van der Waals surface area contributed by atoms with Crippen molar-refractivity contribution < 1.29 is 22.8 Å². The Bertz CT molecular complexity index is 856. The van der Waals surface area contributed by atoms with Crippen LogP contribution in [0.15, 0.2) is 47.4 Å². The first-order valence-electron chi connectivity index (χ1n) is 7.46. The van der Waals surface area contributed by atoms with Crippen LogP contribution in [0, 0.1) is 0 Å². The molecule has 0 fully saturated rings. The lowest BCUT2D eigenvalue weighted by molar-refractivity contribution is -0.137. The number of hydrogen-bond acceptors (Lipinski definition) is 3. The van der Waals surface area contributed by atoms with E-state index in [1.807, 2.05) is 0 Å². The van der Waals surface area contributed by atoms with Gasteiger partial charge in [-0.15, -0.1) is 11.8 Å². The first-order valence-corrected chi connectivity index (χ1v) is 8.72. The largest absolute Gasteiger partial charge is 0.416 e. The third kappa shape index (κ3) is 4.31. The zero-order valence-corrected chi connectivity index (χ0v) is 14.6. The van der Waals surface area contributed by atoms with E-state index in [1.54, 1.807) is 18.2 Å². The maximum Gasteiger partial charge on any atom is 0.416 e. The number of carbonyl (C=O) groups excluding carboxylic acids is 2. The van der Waals surface area contributed by atoms with Gasteiger partial charge in [0.2, 0.25) is 11.8 Å². The van der Waals surface area contributed by atoms with Gasteiger partial charge in [-0.05, 0) is 42.5 Å². The molecule has 0 saturated heterocycles. The van der Waals surface area contributed by atoms with Gasteiger partial charge in [-0.1, -0.05) is 11.6 Å². The number of rotatable bonds is 3. The second-order valence-electron chi connectivity index (χ2n) is 5.56. The molecule has 0 aliphatic carbocycles. The number of hydrogen-bond donors (Lipinski definition) is 2. The molecule has 2 N–H and O–H groups in total. The molecular formula is C17H12ClF3N2O2S. The first-order chi connectivity index (χ1) is 12.2. The molecule has 1 aliphatic rings. The minimum atomic E-state index is -4.43. The van der Waals surface area contributed by atoms with Gasteiger partial charge in [0.15, 0.2) is 0 Å². The monoisotopic (exact) mass is 400 g/mol. The summed E-state index contributed by atoms with van der Waals surface area (Å²) in [4.78, 5) is 25.1. The molecule has 136 valence electrons. The van der Waals surface area contributed by atoms with Crippen LogP contribution >= 0.6 is 23.4 Å². The van der Waals surface area contributed by atoms with Crippen molar-refractivity contribution in [1.29, 1.82) is 0 Å². The molecule has 1 heterocycles. The van der Waals surface area contributed by atoms with Crippen LogP contribution < -0.4 is 10.6 Å². The summed E-state index contributed by atoms with van der Waals surface area (Å²) in [5.41, 5.74) is 0.0243. The number of carbonyl (C=O) groups is 2. The van der Waals surface area contributed by atoms with Crippen molar-refractivity contribution in [3.05, 3.63) is 53.1 Å². The summed E-state index contributed by atoms with van der Waals surface area (Å²) in [6.07, 6.45) is -4.55. The second-order valence-corrected chi connectivity index (χ2v) is 7.24. The Kier molecular flexibility index (Phi) is 5.15. The molecule has 9 heteroatoms. The highest BCUT2D eigenvalue weighted by Crippen LogP contribution is 2.38. The van der Waals surface area contributed by atoms with Gasteiger partial charge in [0.25, 0.3) is 0 Å². The lowest BCUT2D eigenvalue weighted by atomic mass is 10.2. The molecule has 1 atom stereocenters. The lowest BCUT2D eigenvalue weighted by Crippen LogP contribution is -2.32. The van der Waals surface area contributed by atoms with Crippen LogP contribution in [0.4, 0.5) is 24.5 Å². The van der Waals surface area contributed by atoms with Crippen molar-refractivity contribution >= 4 is 46.6 Å². The number of amides is 2. The molecule has 26 heavy (non-hydrogen) atoms. The summed E-state index contributed by atoms with van der Waals surface area (Å²) >= 11 is 7.12. The Labute approximate surface area is 156 Å². The van der Waals surface area contributed by atoms with Crippen molar-refractivity contribution in [1.82, 2.24) is 0 Å². The van der Waals surface area contributed by atoms with Gasteiger partial charge < -0.3 is 10.6 Å². The Balaban J connectivity index is 1.63. The van der Waals surface area contributed by atoms with E-state index in [9.17, 15) is 22.8 Å². The molecule has 0 spiro atoms. The highest BCUT2D eigenvalue weighted by atomic mass is 35.5. The summed E-state index contributed by atoms with van der Waals surface area (Å²) in [5, 5.41) is 5.04. The topological polar surface area (TPSA) is 58.2 Å². The van der Waals surface area contributed by atoms with Crippen LogP contribution in [0.3, 0.4) is 0 Å². The van der Waals surface area contributed by atoms with E-state index in [0.717, 1.165) is 17.0 Å². The molecule has 0 bridgehead atoms. The van der Waals surface area contributed by atoms with Gasteiger partial charge >= 0.3 is 6.18 Å². The zero-order chi connectivity index (χ0) is 18.9. The van der Waals surface area contributed by atoms with Gasteiger partial charge in [0, 0.05) is 22.0 Å². The standard InChI is InChI=1S/C17H12ClF3N2O2S/c18-10-3-6-13-12(7-10)23-16(25)14(26-13)8-15(24)22-11-4-1-9(2-5-11)17(19,20)21/h1-7,14H,8H2,(H,22,24)(H,23,25). The van der Waals surface area contributed by atoms with Crippen LogP contribution in [0.1, 0.15) is 12.0 Å². The molecule has 1 aliphatic heterocycles. The highest BCUT2D eigenvalue weighted by molar-refractivity contribution is 8.01. The second kappa shape index (κ2) is 7.20. The fourth-order valence-electron chi connectivity index (χ4n) is 2.38. The van der Waals surface area contributed by atoms with E-state index in [4.69, 9.17) is 11.6 Å². The Morgan fingerprint density at radius 3 is 2.54 bits per heavy atom. The molecule has 1 unspecified atom stereocenters. The Hall–Kier alpha value is -2.19. The Morgan fingerprint density at radius 1 is 1.19 bits per heavy atom. The highest BCUT2D eigenvalue weighted by Gasteiger charge is 2.31. The summed E-state index contributed by atoms with van der Waals surface area (Å²) < 4.78 is 37.6.